The molecule has 204 valence electrons. The van der Waals surface area contributed by atoms with E-state index in [1.54, 1.807) is 19.9 Å². The Balaban J connectivity index is 1.60. The molecule has 0 bridgehead atoms. The standard InChI is InChI=1S/C29H39N5O3S/c1-5-19-9-7-10-20(15-19)25-11-12-26(38-25)27(35)33-28-32-23-16-21(30)22(31-18-29(3,4)36)17-24(23)34(28)13-8-14-37-6-2/h10-12,15-17,31,36H,5-9,13-14,18,30H2,1-4H3,(H,32,33,35). The zero-order valence-electron chi connectivity index (χ0n) is 22.8. The van der Waals surface area contributed by atoms with E-state index in [0.717, 1.165) is 36.1 Å². The Kier molecular flexibility index (Phi) is 8.91. The number of nitrogens with two attached hydrogens (primary N) is 1. The van der Waals surface area contributed by atoms with E-state index < -0.39 is 5.60 Å². The molecule has 8 nitrogen and oxygen atoms in total. The normalized spacial score (nSPS) is 13.9. The van der Waals surface area contributed by atoms with Crippen LogP contribution >= 0.6 is 11.3 Å². The van der Waals surface area contributed by atoms with E-state index in [2.05, 4.69) is 29.7 Å². The first-order valence-electron chi connectivity index (χ1n) is 13.3. The van der Waals surface area contributed by atoms with Crippen molar-refractivity contribution in [1.82, 2.24) is 9.55 Å². The number of ether oxygens (including phenoxy) is 1. The monoisotopic (exact) mass is 537 g/mol. The number of allylic oxidation sites excluding steroid dienone is 4. The Morgan fingerprint density at radius 2 is 2.11 bits per heavy atom. The second kappa shape index (κ2) is 12.1. The fourth-order valence-electron chi connectivity index (χ4n) is 4.44. The summed E-state index contributed by atoms with van der Waals surface area (Å²) in [7, 11) is 0. The quantitative estimate of drug-likeness (QED) is 0.165. The summed E-state index contributed by atoms with van der Waals surface area (Å²) >= 11 is 1.49. The highest BCUT2D eigenvalue weighted by atomic mass is 32.1. The number of carbonyl (C=O) groups is 1. The third kappa shape index (κ3) is 6.83. The van der Waals surface area contributed by atoms with Crippen LogP contribution in [0.5, 0.6) is 0 Å². The lowest BCUT2D eigenvalue weighted by molar-refractivity contribution is 0.0945. The van der Waals surface area contributed by atoms with Gasteiger partial charge in [-0.2, -0.15) is 0 Å². The van der Waals surface area contributed by atoms with Crippen molar-refractivity contribution in [3.8, 4) is 0 Å². The van der Waals surface area contributed by atoms with Crippen LogP contribution in [0.4, 0.5) is 17.3 Å². The molecule has 0 unspecified atom stereocenters. The Labute approximate surface area is 228 Å². The largest absolute Gasteiger partial charge is 0.397 e. The van der Waals surface area contributed by atoms with Crippen molar-refractivity contribution in [2.24, 2.45) is 0 Å². The molecule has 0 aliphatic heterocycles. The number of hydrogen-bond acceptors (Lipinski definition) is 7. The number of benzene rings is 1. The van der Waals surface area contributed by atoms with Gasteiger partial charge in [-0.05, 0) is 76.3 Å². The molecule has 0 fully saturated rings. The molecule has 38 heavy (non-hydrogen) atoms. The van der Waals surface area contributed by atoms with Crippen LogP contribution in [0.3, 0.4) is 0 Å². The Morgan fingerprint density at radius 3 is 2.84 bits per heavy atom. The number of nitrogens with zero attached hydrogens (tertiary/aromatic N) is 2. The summed E-state index contributed by atoms with van der Waals surface area (Å²) < 4.78 is 7.53. The number of carbonyl (C=O) groups excluding carboxylic acids is 1. The highest BCUT2D eigenvalue weighted by Crippen LogP contribution is 2.33. The van der Waals surface area contributed by atoms with Crippen LogP contribution in [0, 0.1) is 0 Å². The molecule has 4 rings (SSSR count). The molecule has 0 radical (unpaired) electrons. The summed E-state index contributed by atoms with van der Waals surface area (Å²) in [5, 5.41) is 16.4. The lowest BCUT2D eigenvalue weighted by Gasteiger charge is -2.19. The maximum absolute atomic E-state index is 13.3. The van der Waals surface area contributed by atoms with Gasteiger partial charge in [-0.25, -0.2) is 4.98 Å². The van der Waals surface area contributed by atoms with Gasteiger partial charge in [-0.15, -0.1) is 11.3 Å². The van der Waals surface area contributed by atoms with Crippen molar-refractivity contribution in [3.63, 3.8) is 0 Å². The first-order valence-corrected chi connectivity index (χ1v) is 14.1. The molecule has 1 aliphatic carbocycles. The molecule has 1 aromatic carbocycles. The molecule has 9 heteroatoms. The summed E-state index contributed by atoms with van der Waals surface area (Å²) in [6.45, 7) is 9.86. The Hall–Kier alpha value is -3.14. The van der Waals surface area contributed by atoms with Crippen molar-refractivity contribution in [2.75, 3.05) is 36.1 Å². The molecule has 0 saturated carbocycles. The summed E-state index contributed by atoms with van der Waals surface area (Å²) in [6.07, 6.45) is 8.46. The first kappa shape index (κ1) is 27.9. The third-order valence-corrected chi connectivity index (χ3v) is 7.62. The van der Waals surface area contributed by atoms with E-state index in [1.807, 2.05) is 29.7 Å². The van der Waals surface area contributed by atoms with Gasteiger partial charge in [0, 0.05) is 31.2 Å². The van der Waals surface area contributed by atoms with E-state index in [0.29, 0.717) is 54.0 Å². The summed E-state index contributed by atoms with van der Waals surface area (Å²) in [5.41, 5.74) is 10.8. The zero-order chi connectivity index (χ0) is 27.3. The summed E-state index contributed by atoms with van der Waals surface area (Å²) in [4.78, 5) is 19.8. The second-order valence-electron chi connectivity index (χ2n) is 10.2. The average Bonchev–Trinajstić information content (AvgIpc) is 3.50. The molecule has 1 aliphatic rings. The van der Waals surface area contributed by atoms with Crippen LogP contribution in [0.25, 0.3) is 16.6 Å². The van der Waals surface area contributed by atoms with Crippen LogP contribution < -0.4 is 16.4 Å². The maximum atomic E-state index is 13.3. The first-order chi connectivity index (χ1) is 18.2. The summed E-state index contributed by atoms with van der Waals surface area (Å²) in [6, 6.07) is 7.62. The minimum absolute atomic E-state index is 0.188. The molecular weight excluding hydrogens is 498 g/mol. The fourth-order valence-corrected chi connectivity index (χ4v) is 5.35. The molecule has 2 aromatic heterocycles. The lowest BCUT2D eigenvalue weighted by atomic mass is 9.97. The van der Waals surface area contributed by atoms with Gasteiger partial charge in [0.05, 0.1) is 32.9 Å². The van der Waals surface area contributed by atoms with Crippen molar-refractivity contribution >= 4 is 51.2 Å². The topological polar surface area (TPSA) is 114 Å². The smallest absolute Gasteiger partial charge is 0.268 e. The van der Waals surface area contributed by atoms with Gasteiger partial charge in [0.2, 0.25) is 5.95 Å². The van der Waals surface area contributed by atoms with Crippen molar-refractivity contribution in [3.05, 3.63) is 51.7 Å². The number of aromatic nitrogens is 2. The minimum Gasteiger partial charge on any atom is -0.397 e. The average molecular weight is 538 g/mol. The van der Waals surface area contributed by atoms with E-state index in [-0.39, 0.29) is 5.91 Å². The number of aryl methyl sites for hydroxylation is 1. The van der Waals surface area contributed by atoms with Gasteiger partial charge in [0.15, 0.2) is 0 Å². The number of thiophene rings is 1. The number of imidazole rings is 1. The number of amides is 1. The number of rotatable bonds is 12. The summed E-state index contributed by atoms with van der Waals surface area (Å²) in [5.74, 6) is 0.285. The molecule has 0 saturated heterocycles. The highest BCUT2D eigenvalue weighted by Gasteiger charge is 2.19. The maximum Gasteiger partial charge on any atom is 0.268 e. The van der Waals surface area contributed by atoms with Crippen LogP contribution in [0.2, 0.25) is 0 Å². The Bertz CT molecular complexity index is 1350. The SMILES string of the molecule is CCOCCCn1c(NC(=O)c2ccc(C3=CCCC(CC)=C3)s2)nc2cc(N)c(NCC(C)(C)O)cc21. The number of hydrogen-bond donors (Lipinski definition) is 4. The molecular formula is C29H39N5O3S. The molecule has 0 spiro atoms. The number of fused-ring (bicyclic) bond motifs is 1. The van der Waals surface area contributed by atoms with Crippen molar-refractivity contribution in [1.29, 1.82) is 0 Å². The molecule has 2 heterocycles. The van der Waals surface area contributed by atoms with Crippen LogP contribution in [0.15, 0.2) is 42.0 Å². The zero-order valence-corrected chi connectivity index (χ0v) is 23.6. The van der Waals surface area contributed by atoms with Gasteiger partial charge < -0.3 is 25.5 Å². The predicted octanol–water partition coefficient (Wildman–Crippen LogP) is 6.06. The van der Waals surface area contributed by atoms with Crippen LogP contribution in [-0.4, -0.2) is 45.9 Å². The van der Waals surface area contributed by atoms with Crippen LogP contribution in [-0.2, 0) is 11.3 Å². The molecule has 3 aromatic rings. The number of nitrogens with one attached hydrogen (secondary N) is 2. The van der Waals surface area contributed by atoms with Gasteiger partial charge in [0.1, 0.15) is 0 Å². The number of anilines is 3. The van der Waals surface area contributed by atoms with E-state index in [9.17, 15) is 9.90 Å². The van der Waals surface area contributed by atoms with Gasteiger partial charge in [-0.3, -0.25) is 10.1 Å². The van der Waals surface area contributed by atoms with Crippen molar-refractivity contribution < 1.29 is 14.6 Å². The van der Waals surface area contributed by atoms with E-state index in [1.165, 1.54) is 22.5 Å². The fraction of sp³-hybridized carbons (Fsp3) is 0.448. The molecule has 0 atom stereocenters. The van der Waals surface area contributed by atoms with Crippen LogP contribution in [0.1, 0.15) is 67.9 Å². The van der Waals surface area contributed by atoms with E-state index in [4.69, 9.17) is 15.5 Å². The lowest BCUT2D eigenvalue weighted by Crippen LogP contribution is -2.29. The van der Waals surface area contributed by atoms with E-state index >= 15 is 0 Å². The molecule has 1 amide bonds. The number of aliphatic hydroxyl groups is 1. The van der Waals surface area contributed by atoms with Gasteiger partial charge in [0.25, 0.3) is 5.91 Å². The number of nitrogen functional groups attached to an aromatic ring is 1. The predicted molar refractivity (Wildman–Crippen MR) is 158 cm³/mol. The highest BCUT2D eigenvalue weighted by molar-refractivity contribution is 7.15. The van der Waals surface area contributed by atoms with Gasteiger partial charge in [-0.1, -0.05) is 24.6 Å². The van der Waals surface area contributed by atoms with Gasteiger partial charge >= 0.3 is 0 Å². The minimum atomic E-state index is -0.889. The molecule has 5 N–H and O–H groups in total. The second-order valence-corrected chi connectivity index (χ2v) is 11.3. The third-order valence-electron chi connectivity index (χ3n) is 6.49. The van der Waals surface area contributed by atoms with Crippen molar-refractivity contribution in [2.45, 2.75) is 65.5 Å². The Morgan fingerprint density at radius 1 is 1.29 bits per heavy atom.